The minimum absolute atomic E-state index is 0.0146. The first-order chi connectivity index (χ1) is 14.5. The summed E-state index contributed by atoms with van der Waals surface area (Å²) in [6, 6.07) is 15.1. The molecular weight excluding hydrogens is 396 g/mol. The zero-order valence-corrected chi connectivity index (χ0v) is 18.3. The van der Waals surface area contributed by atoms with Crippen molar-refractivity contribution in [3.05, 3.63) is 83.8 Å². The largest absolute Gasteiger partial charge is 0.337 e. The number of likely N-dealkylation sites (N-methyl/N-ethyl adjacent to an activating group) is 1. The van der Waals surface area contributed by atoms with Crippen molar-refractivity contribution in [2.24, 2.45) is 0 Å². The first kappa shape index (κ1) is 21.6. The molecule has 1 aromatic carbocycles. The molecule has 0 saturated heterocycles. The molecule has 0 aliphatic heterocycles. The summed E-state index contributed by atoms with van der Waals surface area (Å²) in [5, 5.41) is 0.421. The topological polar surface area (TPSA) is 66.4 Å². The first-order valence-electron chi connectivity index (χ1n) is 9.83. The van der Waals surface area contributed by atoms with Crippen molar-refractivity contribution in [3.8, 4) is 0 Å². The fraction of sp³-hybridized carbons (Fsp3) is 0.261. The van der Waals surface area contributed by atoms with E-state index in [9.17, 15) is 9.00 Å². The highest BCUT2D eigenvalue weighted by Gasteiger charge is 2.23. The van der Waals surface area contributed by atoms with Gasteiger partial charge in [0.2, 0.25) is 5.91 Å². The van der Waals surface area contributed by atoms with Gasteiger partial charge in [0.1, 0.15) is 11.6 Å². The summed E-state index contributed by atoms with van der Waals surface area (Å²) in [5.74, 6) is -0.109. The molecule has 156 valence electrons. The van der Waals surface area contributed by atoms with Crippen molar-refractivity contribution in [1.29, 1.82) is 0 Å². The monoisotopic (exact) mass is 422 g/mol. The summed E-state index contributed by atoms with van der Waals surface area (Å²) in [6.45, 7) is 6.84. The van der Waals surface area contributed by atoms with E-state index < -0.39 is 11.0 Å². The molecule has 1 atom stereocenters. The van der Waals surface area contributed by atoms with Gasteiger partial charge >= 0.3 is 0 Å². The van der Waals surface area contributed by atoms with Crippen LogP contribution < -0.4 is 4.31 Å². The molecule has 2 heterocycles. The van der Waals surface area contributed by atoms with Crippen LogP contribution in [0.5, 0.6) is 0 Å². The molecule has 0 radical (unpaired) electrons. The van der Waals surface area contributed by atoms with Crippen LogP contribution in [0.15, 0.2) is 72.1 Å². The molecule has 1 amide bonds. The van der Waals surface area contributed by atoms with Gasteiger partial charge in [0, 0.05) is 31.7 Å². The van der Waals surface area contributed by atoms with Gasteiger partial charge < -0.3 is 4.90 Å². The Morgan fingerprint density at radius 3 is 2.33 bits per heavy atom. The number of carbonyl (C=O) groups is 1. The van der Waals surface area contributed by atoms with Gasteiger partial charge in [-0.3, -0.25) is 14.1 Å². The van der Waals surface area contributed by atoms with Gasteiger partial charge in [0.05, 0.1) is 5.69 Å². The Morgan fingerprint density at radius 2 is 1.73 bits per heavy atom. The highest BCUT2D eigenvalue weighted by molar-refractivity contribution is 7.86. The van der Waals surface area contributed by atoms with Gasteiger partial charge in [0.15, 0.2) is 11.0 Å². The van der Waals surface area contributed by atoms with Crippen molar-refractivity contribution in [1.82, 2.24) is 14.9 Å². The average molecular weight is 423 g/mol. The Hall–Kier alpha value is -3.06. The first-order valence-corrected chi connectivity index (χ1v) is 10.9. The number of anilines is 1. The second kappa shape index (κ2) is 10.1. The van der Waals surface area contributed by atoms with E-state index in [1.165, 1.54) is 0 Å². The molecule has 7 heteroatoms. The van der Waals surface area contributed by atoms with Crippen LogP contribution in [-0.4, -0.2) is 38.1 Å². The maximum Gasteiger partial charge on any atom is 0.243 e. The Balaban J connectivity index is 1.85. The quantitative estimate of drug-likeness (QED) is 0.556. The van der Waals surface area contributed by atoms with Gasteiger partial charge in [-0.05, 0) is 56.2 Å². The summed E-state index contributed by atoms with van der Waals surface area (Å²) in [4.78, 5) is 23.3. The van der Waals surface area contributed by atoms with Crippen LogP contribution in [0, 0.1) is 13.8 Å². The van der Waals surface area contributed by atoms with E-state index in [2.05, 4.69) is 9.97 Å². The van der Waals surface area contributed by atoms with Gasteiger partial charge in [-0.1, -0.05) is 29.8 Å². The van der Waals surface area contributed by atoms with Crippen LogP contribution >= 0.6 is 0 Å². The average Bonchev–Trinajstić information content (AvgIpc) is 2.77. The number of nitrogens with zero attached hydrogens (tertiary/aromatic N) is 4. The third-order valence-corrected chi connectivity index (χ3v) is 6.03. The Bertz CT molecular complexity index is 992. The van der Waals surface area contributed by atoms with E-state index in [-0.39, 0.29) is 12.5 Å². The molecule has 30 heavy (non-hydrogen) atoms. The standard InChI is InChI=1S/C23H26N4O2S/c1-4-26(16-20-6-5-13-24-15-20)23(28)17-27(21-10-7-18(2)8-11-21)30(29)22-12-9-19(3)14-25-22/h5-15H,4,16-17H2,1-3H3. The van der Waals surface area contributed by atoms with Crippen LogP contribution in [0.25, 0.3) is 0 Å². The molecule has 0 aliphatic rings. The summed E-state index contributed by atoms with van der Waals surface area (Å²) >= 11 is 0. The number of hydrogen-bond donors (Lipinski definition) is 0. The van der Waals surface area contributed by atoms with Crippen molar-refractivity contribution in [2.75, 3.05) is 17.4 Å². The van der Waals surface area contributed by atoms with Crippen molar-refractivity contribution in [3.63, 3.8) is 0 Å². The normalized spacial score (nSPS) is 11.7. The van der Waals surface area contributed by atoms with Gasteiger partial charge in [-0.2, -0.15) is 0 Å². The Morgan fingerprint density at radius 1 is 1.00 bits per heavy atom. The number of benzene rings is 1. The third-order valence-electron chi connectivity index (χ3n) is 4.69. The van der Waals surface area contributed by atoms with Gasteiger partial charge in [-0.15, -0.1) is 0 Å². The van der Waals surface area contributed by atoms with Crippen LogP contribution in [0.1, 0.15) is 23.6 Å². The lowest BCUT2D eigenvalue weighted by molar-refractivity contribution is -0.129. The van der Waals surface area contributed by atoms with Gasteiger partial charge in [0.25, 0.3) is 0 Å². The Kier molecular flexibility index (Phi) is 7.30. The van der Waals surface area contributed by atoms with E-state index in [0.717, 1.165) is 16.7 Å². The molecule has 3 aromatic rings. The van der Waals surface area contributed by atoms with E-state index in [0.29, 0.717) is 23.8 Å². The second-order valence-electron chi connectivity index (χ2n) is 7.06. The number of aromatic nitrogens is 2. The minimum atomic E-state index is -1.61. The second-order valence-corrected chi connectivity index (χ2v) is 8.42. The summed E-state index contributed by atoms with van der Waals surface area (Å²) < 4.78 is 14.9. The molecule has 0 saturated carbocycles. The number of rotatable bonds is 8. The number of carbonyl (C=O) groups excluding carboxylic acids is 1. The lowest BCUT2D eigenvalue weighted by Crippen LogP contribution is -2.41. The fourth-order valence-corrected chi connectivity index (χ4v) is 4.03. The summed E-state index contributed by atoms with van der Waals surface area (Å²) in [5.41, 5.74) is 3.75. The third kappa shape index (κ3) is 5.51. The van der Waals surface area contributed by atoms with Crippen molar-refractivity contribution >= 4 is 22.6 Å². The van der Waals surface area contributed by atoms with E-state index in [1.54, 1.807) is 33.9 Å². The van der Waals surface area contributed by atoms with E-state index in [4.69, 9.17) is 0 Å². The molecular formula is C23H26N4O2S. The lowest BCUT2D eigenvalue weighted by atomic mass is 10.2. The minimum Gasteiger partial charge on any atom is -0.337 e. The van der Waals surface area contributed by atoms with Gasteiger partial charge in [-0.25, -0.2) is 9.19 Å². The SMILES string of the molecule is CCN(Cc1cccnc1)C(=O)CN(c1ccc(C)cc1)S(=O)c1ccc(C)cn1. The maximum atomic E-state index is 13.3. The Labute approximate surface area is 180 Å². The predicted octanol–water partition coefficient (Wildman–Crippen LogP) is 3.67. The van der Waals surface area contributed by atoms with Crippen LogP contribution in [-0.2, 0) is 22.3 Å². The number of aryl methyl sites for hydroxylation is 2. The number of amides is 1. The number of hydrogen-bond acceptors (Lipinski definition) is 4. The molecule has 1 unspecified atom stereocenters. The highest BCUT2D eigenvalue weighted by Crippen LogP contribution is 2.21. The summed E-state index contributed by atoms with van der Waals surface area (Å²) in [7, 11) is -1.61. The molecule has 0 spiro atoms. The molecule has 0 aliphatic carbocycles. The van der Waals surface area contributed by atoms with Crippen molar-refractivity contribution in [2.45, 2.75) is 32.3 Å². The number of pyridine rings is 2. The fourth-order valence-electron chi connectivity index (χ4n) is 2.94. The molecule has 0 bridgehead atoms. The molecule has 6 nitrogen and oxygen atoms in total. The molecule has 3 rings (SSSR count). The maximum absolute atomic E-state index is 13.3. The molecule has 2 aromatic heterocycles. The highest BCUT2D eigenvalue weighted by atomic mass is 32.2. The van der Waals surface area contributed by atoms with Crippen LogP contribution in [0.4, 0.5) is 5.69 Å². The molecule has 0 fully saturated rings. The zero-order valence-electron chi connectivity index (χ0n) is 17.5. The van der Waals surface area contributed by atoms with E-state index in [1.807, 2.05) is 63.2 Å². The molecule has 0 N–H and O–H groups in total. The predicted molar refractivity (Wildman–Crippen MR) is 119 cm³/mol. The summed E-state index contributed by atoms with van der Waals surface area (Å²) in [6.07, 6.45) is 5.14. The smallest absolute Gasteiger partial charge is 0.243 e. The van der Waals surface area contributed by atoms with Crippen LogP contribution in [0.2, 0.25) is 0 Å². The zero-order chi connectivity index (χ0) is 21.5. The van der Waals surface area contributed by atoms with Crippen molar-refractivity contribution < 1.29 is 9.00 Å². The van der Waals surface area contributed by atoms with E-state index >= 15 is 0 Å². The lowest BCUT2D eigenvalue weighted by Gasteiger charge is -2.27. The van der Waals surface area contributed by atoms with Crippen LogP contribution in [0.3, 0.4) is 0 Å².